The van der Waals surface area contributed by atoms with Crippen LogP contribution in [-0.4, -0.2) is 28.5 Å². The van der Waals surface area contributed by atoms with Gasteiger partial charge in [-0.1, -0.05) is 6.07 Å². The molecule has 0 saturated heterocycles. The summed E-state index contributed by atoms with van der Waals surface area (Å²) in [5.41, 5.74) is 1.08. The van der Waals surface area contributed by atoms with Crippen LogP contribution in [0.1, 0.15) is 33.6 Å². The van der Waals surface area contributed by atoms with Crippen molar-refractivity contribution in [2.45, 2.75) is 13.8 Å². The number of hydrogen-bond acceptors (Lipinski definition) is 6. The number of amides is 1. The van der Waals surface area contributed by atoms with Crippen LogP contribution in [0.2, 0.25) is 0 Å². The van der Waals surface area contributed by atoms with E-state index in [0.717, 1.165) is 5.69 Å². The molecule has 7 heteroatoms. The van der Waals surface area contributed by atoms with E-state index in [1.807, 2.05) is 12.3 Å². The molecule has 2 aromatic heterocycles. The van der Waals surface area contributed by atoms with Gasteiger partial charge in [0.1, 0.15) is 11.4 Å². The summed E-state index contributed by atoms with van der Waals surface area (Å²) < 4.78 is 4.84. The SMILES string of the molecule is CCOC(=O)c1cccc(C(=O)Nc2nc(C)cs2)n1. The van der Waals surface area contributed by atoms with E-state index >= 15 is 0 Å². The fraction of sp³-hybridized carbons (Fsp3) is 0.231. The van der Waals surface area contributed by atoms with E-state index in [0.29, 0.717) is 5.13 Å². The number of thiazole rings is 1. The first kappa shape index (κ1) is 14.1. The van der Waals surface area contributed by atoms with Gasteiger partial charge in [-0.25, -0.2) is 14.8 Å². The lowest BCUT2D eigenvalue weighted by molar-refractivity contribution is 0.0519. The predicted octanol–water partition coefficient (Wildman–Crippen LogP) is 2.28. The summed E-state index contributed by atoms with van der Waals surface area (Å²) in [6.45, 7) is 3.81. The summed E-state index contributed by atoms with van der Waals surface area (Å²) in [4.78, 5) is 31.7. The molecule has 0 aliphatic rings. The average Bonchev–Trinajstić information content (AvgIpc) is 2.84. The molecule has 0 aliphatic heterocycles. The van der Waals surface area contributed by atoms with E-state index in [4.69, 9.17) is 4.74 Å². The molecule has 0 aliphatic carbocycles. The van der Waals surface area contributed by atoms with Gasteiger partial charge in [0.25, 0.3) is 5.91 Å². The molecular formula is C13H13N3O3S. The van der Waals surface area contributed by atoms with Crippen molar-refractivity contribution in [1.82, 2.24) is 9.97 Å². The first-order valence-electron chi connectivity index (χ1n) is 5.98. The van der Waals surface area contributed by atoms with E-state index in [-0.39, 0.29) is 18.0 Å². The number of nitrogens with zero attached hydrogens (tertiary/aromatic N) is 2. The van der Waals surface area contributed by atoms with Gasteiger partial charge in [-0.3, -0.25) is 10.1 Å². The molecule has 2 rings (SSSR count). The van der Waals surface area contributed by atoms with E-state index < -0.39 is 11.9 Å². The molecule has 0 bridgehead atoms. The number of carbonyl (C=O) groups excluding carboxylic acids is 2. The summed E-state index contributed by atoms with van der Waals surface area (Å²) in [6, 6.07) is 4.61. The number of esters is 1. The standard InChI is InChI=1S/C13H13N3O3S/c1-3-19-12(18)10-6-4-5-9(15-10)11(17)16-13-14-8(2)7-20-13/h4-7H,3H2,1-2H3,(H,14,16,17). The molecule has 0 spiro atoms. The van der Waals surface area contributed by atoms with E-state index in [1.54, 1.807) is 13.0 Å². The quantitative estimate of drug-likeness (QED) is 0.874. The molecule has 20 heavy (non-hydrogen) atoms. The molecule has 1 N–H and O–H groups in total. The molecule has 104 valence electrons. The highest BCUT2D eigenvalue weighted by molar-refractivity contribution is 7.13. The molecule has 0 saturated carbocycles. The lowest BCUT2D eigenvalue weighted by Gasteiger charge is -2.04. The van der Waals surface area contributed by atoms with Gasteiger partial charge in [0.05, 0.1) is 12.3 Å². The monoisotopic (exact) mass is 291 g/mol. The molecule has 1 amide bonds. The third-order valence-corrected chi connectivity index (χ3v) is 3.18. The maximum Gasteiger partial charge on any atom is 0.356 e. The van der Waals surface area contributed by atoms with Crippen LogP contribution < -0.4 is 5.32 Å². The number of rotatable bonds is 4. The summed E-state index contributed by atoms with van der Waals surface area (Å²) in [5, 5.41) is 4.96. The van der Waals surface area contributed by atoms with Crippen LogP contribution in [0.3, 0.4) is 0 Å². The number of carbonyl (C=O) groups is 2. The zero-order valence-corrected chi connectivity index (χ0v) is 11.9. The zero-order valence-electron chi connectivity index (χ0n) is 11.0. The van der Waals surface area contributed by atoms with Crippen LogP contribution in [-0.2, 0) is 4.74 Å². The molecule has 0 aromatic carbocycles. The second-order valence-corrected chi connectivity index (χ2v) is 4.73. The molecule has 0 unspecified atom stereocenters. The van der Waals surface area contributed by atoms with Gasteiger partial charge in [-0.2, -0.15) is 0 Å². The number of aromatic nitrogens is 2. The van der Waals surface area contributed by atoms with Gasteiger partial charge in [-0.05, 0) is 26.0 Å². The Kier molecular flexibility index (Phi) is 4.41. The molecule has 0 fully saturated rings. The maximum absolute atomic E-state index is 12.0. The van der Waals surface area contributed by atoms with Gasteiger partial charge >= 0.3 is 5.97 Å². The maximum atomic E-state index is 12.0. The summed E-state index contributed by atoms with van der Waals surface area (Å²) >= 11 is 1.33. The zero-order chi connectivity index (χ0) is 14.5. The normalized spacial score (nSPS) is 10.1. The number of anilines is 1. The third-order valence-electron chi connectivity index (χ3n) is 2.31. The highest BCUT2D eigenvalue weighted by Crippen LogP contribution is 2.15. The van der Waals surface area contributed by atoms with Crippen molar-refractivity contribution in [2.24, 2.45) is 0 Å². The summed E-state index contributed by atoms with van der Waals surface area (Å²) in [5.74, 6) is -0.960. The molecule has 2 aromatic rings. The van der Waals surface area contributed by atoms with Crippen molar-refractivity contribution in [3.8, 4) is 0 Å². The van der Waals surface area contributed by atoms with E-state index in [9.17, 15) is 9.59 Å². The Labute approximate surface area is 119 Å². The minimum absolute atomic E-state index is 0.106. The number of ether oxygens (including phenoxy) is 1. The first-order valence-corrected chi connectivity index (χ1v) is 6.85. The topological polar surface area (TPSA) is 81.2 Å². The minimum atomic E-state index is -0.549. The Morgan fingerprint density at radius 1 is 1.30 bits per heavy atom. The van der Waals surface area contributed by atoms with Gasteiger partial charge in [-0.15, -0.1) is 11.3 Å². The van der Waals surface area contributed by atoms with Gasteiger partial charge < -0.3 is 4.74 Å². The lowest BCUT2D eigenvalue weighted by atomic mass is 10.3. The number of aryl methyl sites for hydroxylation is 1. The van der Waals surface area contributed by atoms with Crippen molar-refractivity contribution in [3.05, 3.63) is 40.7 Å². The number of nitrogens with one attached hydrogen (secondary N) is 1. The fourth-order valence-electron chi connectivity index (χ4n) is 1.45. The third kappa shape index (κ3) is 3.39. The Balaban J connectivity index is 2.14. The van der Waals surface area contributed by atoms with Crippen molar-refractivity contribution in [1.29, 1.82) is 0 Å². The van der Waals surface area contributed by atoms with Gasteiger partial charge in [0.2, 0.25) is 0 Å². The number of pyridine rings is 1. The van der Waals surface area contributed by atoms with Crippen LogP contribution in [0.4, 0.5) is 5.13 Å². The smallest absolute Gasteiger partial charge is 0.356 e. The van der Waals surface area contributed by atoms with E-state index in [2.05, 4.69) is 15.3 Å². The van der Waals surface area contributed by atoms with Crippen LogP contribution >= 0.6 is 11.3 Å². The largest absolute Gasteiger partial charge is 0.461 e. The van der Waals surface area contributed by atoms with Crippen LogP contribution in [0.25, 0.3) is 0 Å². The molecule has 0 atom stereocenters. The Morgan fingerprint density at radius 3 is 2.70 bits per heavy atom. The van der Waals surface area contributed by atoms with Crippen molar-refractivity contribution in [2.75, 3.05) is 11.9 Å². The molecule has 2 heterocycles. The van der Waals surface area contributed by atoms with E-state index in [1.165, 1.54) is 23.5 Å². The Hall–Kier alpha value is -2.28. The highest BCUT2D eigenvalue weighted by Gasteiger charge is 2.14. The van der Waals surface area contributed by atoms with Crippen molar-refractivity contribution in [3.63, 3.8) is 0 Å². The minimum Gasteiger partial charge on any atom is -0.461 e. The fourth-order valence-corrected chi connectivity index (χ4v) is 2.14. The molecule has 0 radical (unpaired) electrons. The second kappa shape index (κ2) is 6.25. The Bertz CT molecular complexity index is 639. The van der Waals surface area contributed by atoms with Crippen LogP contribution in [0.15, 0.2) is 23.6 Å². The first-order chi connectivity index (χ1) is 9.60. The highest BCUT2D eigenvalue weighted by atomic mass is 32.1. The van der Waals surface area contributed by atoms with Gasteiger partial charge in [0, 0.05) is 5.38 Å². The Morgan fingerprint density at radius 2 is 2.05 bits per heavy atom. The predicted molar refractivity (Wildman–Crippen MR) is 75.0 cm³/mol. The van der Waals surface area contributed by atoms with Gasteiger partial charge in [0.15, 0.2) is 5.13 Å². The number of hydrogen-bond donors (Lipinski definition) is 1. The van der Waals surface area contributed by atoms with Crippen molar-refractivity contribution >= 4 is 28.3 Å². The molecular weight excluding hydrogens is 278 g/mol. The molecule has 6 nitrogen and oxygen atoms in total. The summed E-state index contributed by atoms with van der Waals surface area (Å²) in [7, 11) is 0. The second-order valence-electron chi connectivity index (χ2n) is 3.88. The lowest BCUT2D eigenvalue weighted by Crippen LogP contribution is -2.16. The van der Waals surface area contributed by atoms with Crippen LogP contribution in [0.5, 0.6) is 0 Å². The van der Waals surface area contributed by atoms with Crippen molar-refractivity contribution < 1.29 is 14.3 Å². The van der Waals surface area contributed by atoms with Crippen LogP contribution in [0, 0.1) is 6.92 Å². The average molecular weight is 291 g/mol. The summed E-state index contributed by atoms with van der Waals surface area (Å²) in [6.07, 6.45) is 0.